The van der Waals surface area contributed by atoms with E-state index in [1.807, 2.05) is 37.3 Å². The van der Waals surface area contributed by atoms with Crippen LogP contribution in [0.2, 0.25) is 0 Å². The SMILES string of the molecule is CCN(Cc1ccc(-c2nc3ncccc3[nH]2)cc1Oc1cccc(C(=O)NC)c1)C(C)=O. The van der Waals surface area contributed by atoms with Gasteiger partial charge in [0.05, 0.1) is 5.52 Å². The van der Waals surface area contributed by atoms with Crippen LogP contribution in [-0.2, 0) is 11.3 Å². The third kappa shape index (κ3) is 4.85. The Hall–Kier alpha value is -4.20. The Morgan fingerprint density at radius 1 is 1.12 bits per heavy atom. The monoisotopic (exact) mass is 443 g/mol. The van der Waals surface area contributed by atoms with Crippen LogP contribution in [0, 0.1) is 0 Å². The summed E-state index contributed by atoms with van der Waals surface area (Å²) in [7, 11) is 1.58. The van der Waals surface area contributed by atoms with Crippen LogP contribution in [0.3, 0.4) is 0 Å². The maximum absolute atomic E-state index is 12.0. The summed E-state index contributed by atoms with van der Waals surface area (Å²) in [6, 6.07) is 16.5. The van der Waals surface area contributed by atoms with Gasteiger partial charge in [-0.2, -0.15) is 0 Å². The normalized spacial score (nSPS) is 10.8. The Labute approximate surface area is 191 Å². The summed E-state index contributed by atoms with van der Waals surface area (Å²) >= 11 is 0. The lowest BCUT2D eigenvalue weighted by molar-refractivity contribution is -0.129. The van der Waals surface area contributed by atoms with Gasteiger partial charge in [0, 0.05) is 49.9 Å². The van der Waals surface area contributed by atoms with Crippen molar-refractivity contribution >= 4 is 23.0 Å². The first-order chi connectivity index (χ1) is 16.0. The van der Waals surface area contributed by atoms with Gasteiger partial charge in [0.15, 0.2) is 5.65 Å². The van der Waals surface area contributed by atoms with E-state index in [1.165, 1.54) is 0 Å². The number of benzene rings is 2. The van der Waals surface area contributed by atoms with E-state index in [1.54, 1.807) is 49.3 Å². The van der Waals surface area contributed by atoms with Crippen LogP contribution in [0.5, 0.6) is 11.5 Å². The first-order valence-corrected chi connectivity index (χ1v) is 10.7. The number of ether oxygens (including phenoxy) is 1. The van der Waals surface area contributed by atoms with Crippen LogP contribution in [0.15, 0.2) is 60.8 Å². The van der Waals surface area contributed by atoms with Gasteiger partial charge in [0.25, 0.3) is 5.91 Å². The zero-order chi connectivity index (χ0) is 23.4. The molecule has 0 saturated heterocycles. The quantitative estimate of drug-likeness (QED) is 0.447. The van der Waals surface area contributed by atoms with Gasteiger partial charge >= 0.3 is 0 Å². The zero-order valence-electron chi connectivity index (χ0n) is 18.8. The molecule has 33 heavy (non-hydrogen) atoms. The van der Waals surface area contributed by atoms with E-state index in [0.717, 1.165) is 16.6 Å². The molecule has 8 heteroatoms. The predicted molar refractivity (Wildman–Crippen MR) is 126 cm³/mol. The zero-order valence-corrected chi connectivity index (χ0v) is 18.8. The Bertz CT molecular complexity index is 1280. The lowest BCUT2D eigenvalue weighted by Crippen LogP contribution is -2.27. The number of aromatic amines is 1. The van der Waals surface area contributed by atoms with Gasteiger partial charge in [-0.3, -0.25) is 9.59 Å². The van der Waals surface area contributed by atoms with Crippen molar-refractivity contribution in [1.82, 2.24) is 25.2 Å². The second kappa shape index (κ2) is 9.52. The molecule has 0 radical (unpaired) electrons. The van der Waals surface area contributed by atoms with Crippen LogP contribution in [0.4, 0.5) is 0 Å². The van der Waals surface area contributed by atoms with E-state index in [0.29, 0.717) is 41.6 Å². The number of hydrogen-bond donors (Lipinski definition) is 2. The summed E-state index contributed by atoms with van der Waals surface area (Å²) < 4.78 is 6.23. The maximum atomic E-state index is 12.0. The molecule has 0 aliphatic rings. The van der Waals surface area contributed by atoms with E-state index < -0.39 is 0 Å². The number of rotatable bonds is 7. The number of hydrogen-bond acceptors (Lipinski definition) is 5. The minimum absolute atomic E-state index is 0.0162. The fourth-order valence-corrected chi connectivity index (χ4v) is 3.53. The molecule has 4 rings (SSSR count). The lowest BCUT2D eigenvalue weighted by atomic mass is 10.1. The molecule has 0 aliphatic carbocycles. The van der Waals surface area contributed by atoms with E-state index in [4.69, 9.17) is 4.74 Å². The van der Waals surface area contributed by atoms with Crippen LogP contribution >= 0.6 is 0 Å². The van der Waals surface area contributed by atoms with Crippen molar-refractivity contribution in [2.75, 3.05) is 13.6 Å². The van der Waals surface area contributed by atoms with Crippen molar-refractivity contribution in [2.24, 2.45) is 0 Å². The molecule has 0 fully saturated rings. The van der Waals surface area contributed by atoms with Gasteiger partial charge in [0.2, 0.25) is 5.91 Å². The van der Waals surface area contributed by atoms with Gasteiger partial charge in [-0.1, -0.05) is 18.2 Å². The summed E-state index contributed by atoms with van der Waals surface area (Å²) in [4.78, 5) is 37.9. The molecule has 2 aromatic heterocycles. The Morgan fingerprint density at radius 3 is 2.70 bits per heavy atom. The molecule has 0 aliphatic heterocycles. The molecule has 4 aromatic rings. The van der Waals surface area contributed by atoms with Gasteiger partial charge in [-0.25, -0.2) is 9.97 Å². The maximum Gasteiger partial charge on any atom is 0.251 e. The van der Waals surface area contributed by atoms with Gasteiger partial charge < -0.3 is 19.9 Å². The first kappa shape index (κ1) is 22.0. The number of carbonyl (C=O) groups excluding carboxylic acids is 2. The molecule has 2 N–H and O–H groups in total. The molecule has 2 heterocycles. The highest BCUT2D eigenvalue weighted by atomic mass is 16.5. The molecular weight excluding hydrogens is 418 g/mol. The Balaban J connectivity index is 1.74. The topological polar surface area (TPSA) is 100 Å². The highest BCUT2D eigenvalue weighted by Gasteiger charge is 2.15. The van der Waals surface area contributed by atoms with Crippen molar-refractivity contribution < 1.29 is 14.3 Å². The number of carbonyl (C=O) groups is 2. The molecule has 2 aromatic carbocycles. The average Bonchev–Trinajstić information content (AvgIpc) is 3.27. The highest BCUT2D eigenvalue weighted by Crippen LogP contribution is 2.32. The number of pyridine rings is 1. The van der Waals surface area contributed by atoms with Crippen molar-refractivity contribution in [3.63, 3.8) is 0 Å². The second-order valence-corrected chi connectivity index (χ2v) is 7.52. The van der Waals surface area contributed by atoms with Gasteiger partial charge in [0.1, 0.15) is 17.3 Å². The molecule has 0 bridgehead atoms. The largest absolute Gasteiger partial charge is 0.457 e. The summed E-state index contributed by atoms with van der Waals surface area (Å²) in [5, 5.41) is 2.62. The number of H-pyrrole nitrogens is 1. The molecular formula is C25H25N5O3. The van der Waals surface area contributed by atoms with Crippen molar-refractivity contribution in [3.8, 4) is 22.9 Å². The lowest BCUT2D eigenvalue weighted by Gasteiger charge is -2.21. The van der Waals surface area contributed by atoms with Crippen molar-refractivity contribution in [3.05, 3.63) is 71.9 Å². The Morgan fingerprint density at radius 2 is 1.97 bits per heavy atom. The molecule has 0 atom stereocenters. The Kier molecular flexibility index (Phi) is 6.35. The number of fused-ring (bicyclic) bond motifs is 1. The average molecular weight is 444 g/mol. The number of amides is 2. The number of imidazole rings is 1. The van der Waals surface area contributed by atoms with Crippen LogP contribution in [0.1, 0.15) is 29.8 Å². The van der Waals surface area contributed by atoms with Crippen molar-refractivity contribution in [2.45, 2.75) is 20.4 Å². The van der Waals surface area contributed by atoms with Crippen LogP contribution in [0.25, 0.3) is 22.6 Å². The molecule has 0 spiro atoms. The van der Waals surface area contributed by atoms with Gasteiger partial charge in [-0.15, -0.1) is 0 Å². The van der Waals surface area contributed by atoms with Gasteiger partial charge in [-0.05, 0) is 43.3 Å². The smallest absolute Gasteiger partial charge is 0.251 e. The third-order valence-electron chi connectivity index (χ3n) is 5.34. The van der Waals surface area contributed by atoms with Crippen LogP contribution in [-0.4, -0.2) is 45.3 Å². The fourth-order valence-electron chi connectivity index (χ4n) is 3.53. The highest BCUT2D eigenvalue weighted by molar-refractivity contribution is 5.94. The predicted octanol–water partition coefficient (Wildman–Crippen LogP) is 4.15. The van der Waals surface area contributed by atoms with E-state index in [9.17, 15) is 9.59 Å². The molecule has 2 amide bonds. The van der Waals surface area contributed by atoms with E-state index in [2.05, 4.69) is 20.3 Å². The summed E-state index contributed by atoms with van der Waals surface area (Å²) in [6.45, 7) is 4.47. The van der Waals surface area contributed by atoms with E-state index in [-0.39, 0.29) is 11.8 Å². The molecule has 168 valence electrons. The fraction of sp³-hybridized carbons (Fsp3) is 0.200. The number of nitrogens with one attached hydrogen (secondary N) is 2. The second-order valence-electron chi connectivity index (χ2n) is 7.52. The number of aromatic nitrogens is 3. The number of nitrogens with zero attached hydrogens (tertiary/aromatic N) is 3. The first-order valence-electron chi connectivity index (χ1n) is 10.7. The molecule has 0 unspecified atom stereocenters. The van der Waals surface area contributed by atoms with Crippen LogP contribution < -0.4 is 10.1 Å². The standard InChI is InChI=1S/C25H25N5O3/c1-4-30(16(2)31)15-19-11-10-17(23-28-21-9-6-12-27-24(21)29-23)14-22(19)33-20-8-5-7-18(13-20)25(32)26-3/h5-14H,4,15H2,1-3H3,(H,26,32)(H,27,28,29). The van der Waals surface area contributed by atoms with Crippen molar-refractivity contribution in [1.29, 1.82) is 0 Å². The third-order valence-corrected chi connectivity index (χ3v) is 5.34. The molecule has 8 nitrogen and oxygen atoms in total. The minimum atomic E-state index is -0.196. The van der Waals surface area contributed by atoms with E-state index >= 15 is 0 Å². The summed E-state index contributed by atoms with van der Waals surface area (Å²) in [5.41, 5.74) is 3.63. The minimum Gasteiger partial charge on any atom is -0.457 e. The summed E-state index contributed by atoms with van der Waals surface area (Å²) in [5.74, 6) is 1.55. The summed E-state index contributed by atoms with van der Waals surface area (Å²) in [6.07, 6.45) is 1.70. The molecule has 0 saturated carbocycles.